The second kappa shape index (κ2) is 9.31. The molecule has 0 aromatic heterocycles. The summed E-state index contributed by atoms with van der Waals surface area (Å²) in [6.07, 6.45) is 2.88. The van der Waals surface area contributed by atoms with Crippen LogP contribution in [0.3, 0.4) is 0 Å². The molecule has 0 spiro atoms. The Morgan fingerprint density at radius 1 is 1.11 bits per heavy atom. The minimum Gasteiger partial charge on any atom is -0.383 e. The number of anilines is 2. The molecule has 3 N–H and O–H groups in total. The minimum atomic E-state index is -0.480. The molecule has 2 amide bonds. The highest BCUT2D eigenvalue weighted by atomic mass is 16.6. The molecule has 2 rings (SSSR count). The second-order valence-electron chi connectivity index (χ2n) is 6.31. The van der Waals surface area contributed by atoms with Gasteiger partial charge < -0.3 is 16.0 Å². The number of nitrogens with one attached hydrogen (secondary N) is 3. The summed E-state index contributed by atoms with van der Waals surface area (Å²) in [5.74, 6) is -0.251. The summed E-state index contributed by atoms with van der Waals surface area (Å²) in [5, 5.41) is 19.2. The third-order valence-electron chi connectivity index (χ3n) is 3.76. The summed E-state index contributed by atoms with van der Waals surface area (Å²) in [6, 6.07) is 10.8. The Balaban J connectivity index is 2.07. The number of hydrogen-bond acceptors (Lipinski definition) is 5. The van der Waals surface area contributed by atoms with Crippen molar-refractivity contribution in [1.29, 1.82) is 0 Å². The van der Waals surface area contributed by atoms with E-state index in [1.165, 1.54) is 18.2 Å². The average molecular weight is 382 g/mol. The predicted octanol–water partition coefficient (Wildman–Crippen LogP) is 4.06. The molecule has 28 heavy (non-hydrogen) atoms. The first-order valence-electron chi connectivity index (χ1n) is 8.66. The van der Waals surface area contributed by atoms with Gasteiger partial charge in [0, 0.05) is 30.4 Å². The third kappa shape index (κ3) is 5.66. The van der Waals surface area contributed by atoms with Gasteiger partial charge in [0.15, 0.2) is 5.78 Å². The maximum atomic E-state index is 12.3. The van der Waals surface area contributed by atoms with E-state index in [1.54, 1.807) is 43.4 Å². The number of carbonyl (C=O) groups is 2. The van der Waals surface area contributed by atoms with E-state index in [0.29, 0.717) is 22.5 Å². The first-order valence-corrected chi connectivity index (χ1v) is 8.66. The fourth-order valence-corrected chi connectivity index (χ4v) is 2.43. The molecule has 0 saturated heterocycles. The average Bonchev–Trinajstić information content (AvgIpc) is 2.65. The first-order chi connectivity index (χ1) is 13.3. The SMILES string of the molecule is CNc1ccc(C=CC(=O)c2ccc(NC(=O)NC(C)C)cc2)cc1[N+](=O)[O-]. The fraction of sp³-hybridized carbons (Fsp3) is 0.200. The smallest absolute Gasteiger partial charge is 0.319 e. The molecular weight excluding hydrogens is 360 g/mol. The molecule has 0 radical (unpaired) electrons. The molecule has 0 unspecified atom stereocenters. The van der Waals surface area contributed by atoms with E-state index >= 15 is 0 Å². The van der Waals surface area contributed by atoms with E-state index in [9.17, 15) is 19.7 Å². The van der Waals surface area contributed by atoms with Gasteiger partial charge in [-0.1, -0.05) is 12.1 Å². The number of hydrogen-bond donors (Lipinski definition) is 3. The predicted molar refractivity (Wildman–Crippen MR) is 110 cm³/mol. The fourth-order valence-electron chi connectivity index (χ4n) is 2.43. The molecule has 0 aliphatic heterocycles. The summed E-state index contributed by atoms with van der Waals surface area (Å²) in [7, 11) is 1.60. The van der Waals surface area contributed by atoms with Crippen molar-refractivity contribution in [3.8, 4) is 0 Å². The van der Waals surface area contributed by atoms with Crippen LogP contribution in [0.25, 0.3) is 6.08 Å². The normalized spacial score (nSPS) is 10.7. The number of nitro benzene ring substituents is 1. The van der Waals surface area contributed by atoms with Gasteiger partial charge in [-0.3, -0.25) is 14.9 Å². The minimum absolute atomic E-state index is 0.0176. The number of ketones is 1. The number of benzene rings is 2. The Morgan fingerprint density at radius 3 is 2.36 bits per heavy atom. The van der Waals surface area contributed by atoms with Crippen LogP contribution in [-0.4, -0.2) is 29.8 Å². The number of rotatable bonds is 7. The number of allylic oxidation sites excluding steroid dienone is 1. The molecule has 8 heteroatoms. The van der Waals surface area contributed by atoms with Gasteiger partial charge in [0.25, 0.3) is 5.69 Å². The van der Waals surface area contributed by atoms with Crippen molar-refractivity contribution in [2.24, 2.45) is 0 Å². The molecule has 0 saturated carbocycles. The van der Waals surface area contributed by atoms with Crippen LogP contribution >= 0.6 is 0 Å². The number of carbonyl (C=O) groups excluding carboxylic acids is 2. The molecule has 2 aromatic rings. The highest BCUT2D eigenvalue weighted by molar-refractivity contribution is 6.07. The van der Waals surface area contributed by atoms with Crippen LogP contribution in [0.5, 0.6) is 0 Å². The zero-order valence-electron chi connectivity index (χ0n) is 15.9. The first kappa shape index (κ1) is 20.6. The Bertz CT molecular complexity index is 905. The number of nitrogens with zero attached hydrogens (tertiary/aromatic N) is 1. The van der Waals surface area contributed by atoms with E-state index in [4.69, 9.17) is 0 Å². The lowest BCUT2D eigenvalue weighted by atomic mass is 10.1. The number of amides is 2. The zero-order chi connectivity index (χ0) is 20.7. The highest BCUT2D eigenvalue weighted by Gasteiger charge is 2.12. The molecule has 0 aliphatic carbocycles. The standard InChI is InChI=1S/C20H22N4O4/c1-13(2)22-20(26)23-16-8-6-15(7-9-16)19(25)11-5-14-4-10-17(21-3)18(12-14)24(27)28/h4-13,21H,1-3H3,(H2,22,23,26). The highest BCUT2D eigenvalue weighted by Crippen LogP contribution is 2.25. The quantitative estimate of drug-likeness (QED) is 0.289. The van der Waals surface area contributed by atoms with Crippen molar-refractivity contribution in [1.82, 2.24) is 5.32 Å². The summed E-state index contributed by atoms with van der Waals surface area (Å²) < 4.78 is 0. The van der Waals surface area contributed by atoms with Crippen molar-refractivity contribution in [3.63, 3.8) is 0 Å². The van der Waals surface area contributed by atoms with Gasteiger partial charge in [0.2, 0.25) is 0 Å². The Hall–Kier alpha value is -3.68. The van der Waals surface area contributed by atoms with Gasteiger partial charge in [0.1, 0.15) is 5.69 Å². The van der Waals surface area contributed by atoms with Gasteiger partial charge in [-0.15, -0.1) is 0 Å². The molecular formula is C20H22N4O4. The lowest BCUT2D eigenvalue weighted by Gasteiger charge is -2.10. The van der Waals surface area contributed by atoms with Crippen molar-refractivity contribution in [3.05, 3.63) is 69.8 Å². The van der Waals surface area contributed by atoms with Crippen LogP contribution in [0.15, 0.2) is 48.5 Å². The molecule has 0 atom stereocenters. The largest absolute Gasteiger partial charge is 0.383 e. The Kier molecular flexibility index (Phi) is 6.86. The zero-order valence-corrected chi connectivity index (χ0v) is 15.9. The summed E-state index contributed by atoms with van der Waals surface area (Å²) in [5.41, 5.74) is 1.89. The van der Waals surface area contributed by atoms with Crippen LogP contribution < -0.4 is 16.0 Å². The topological polar surface area (TPSA) is 113 Å². The van der Waals surface area contributed by atoms with Gasteiger partial charge in [-0.25, -0.2) is 4.79 Å². The molecule has 8 nitrogen and oxygen atoms in total. The van der Waals surface area contributed by atoms with E-state index in [2.05, 4.69) is 16.0 Å². The van der Waals surface area contributed by atoms with E-state index in [1.807, 2.05) is 13.8 Å². The number of nitro groups is 1. The molecule has 146 valence electrons. The van der Waals surface area contributed by atoms with Gasteiger partial charge >= 0.3 is 6.03 Å². The van der Waals surface area contributed by atoms with E-state index in [0.717, 1.165) is 0 Å². The van der Waals surface area contributed by atoms with Gasteiger partial charge in [-0.2, -0.15) is 0 Å². The maximum Gasteiger partial charge on any atom is 0.319 e. The molecule has 2 aromatic carbocycles. The van der Waals surface area contributed by atoms with Crippen molar-refractivity contribution in [2.75, 3.05) is 17.7 Å². The second-order valence-corrected chi connectivity index (χ2v) is 6.31. The monoisotopic (exact) mass is 382 g/mol. The van der Waals surface area contributed by atoms with E-state index < -0.39 is 4.92 Å². The molecule has 0 fully saturated rings. The third-order valence-corrected chi connectivity index (χ3v) is 3.76. The van der Waals surface area contributed by atoms with Crippen molar-refractivity contribution < 1.29 is 14.5 Å². The summed E-state index contributed by atoms with van der Waals surface area (Å²) in [4.78, 5) is 34.6. The van der Waals surface area contributed by atoms with Crippen LogP contribution in [0.1, 0.15) is 29.8 Å². The Morgan fingerprint density at radius 2 is 1.79 bits per heavy atom. The van der Waals surface area contributed by atoms with Crippen LogP contribution in [0.2, 0.25) is 0 Å². The Labute approximate surface area is 162 Å². The maximum absolute atomic E-state index is 12.3. The van der Waals surface area contributed by atoms with Gasteiger partial charge in [0.05, 0.1) is 4.92 Å². The van der Waals surface area contributed by atoms with Crippen LogP contribution in [-0.2, 0) is 0 Å². The lowest BCUT2D eigenvalue weighted by Crippen LogP contribution is -2.34. The molecule has 0 bridgehead atoms. The molecule has 0 heterocycles. The van der Waals surface area contributed by atoms with Crippen molar-refractivity contribution in [2.45, 2.75) is 19.9 Å². The van der Waals surface area contributed by atoms with Gasteiger partial charge in [-0.05, 0) is 55.8 Å². The lowest BCUT2D eigenvalue weighted by molar-refractivity contribution is -0.384. The number of urea groups is 1. The molecule has 0 aliphatic rings. The van der Waals surface area contributed by atoms with Crippen molar-refractivity contribution >= 4 is 35.0 Å². The van der Waals surface area contributed by atoms with Crippen LogP contribution in [0, 0.1) is 10.1 Å². The summed E-state index contributed by atoms with van der Waals surface area (Å²) >= 11 is 0. The summed E-state index contributed by atoms with van der Waals surface area (Å²) in [6.45, 7) is 3.71. The van der Waals surface area contributed by atoms with E-state index in [-0.39, 0.29) is 23.5 Å². The van der Waals surface area contributed by atoms with Crippen LogP contribution in [0.4, 0.5) is 21.9 Å².